The van der Waals surface area contributed by atoms with Crippen LogP contribution in [0.2, 0.25) is 0 Å². The fraction of sp³-hybridized carbons (Fsp3) is 0.615. The summed E-state index contributed by atoms with van der Waals surface area (Å²) >= 11 is 1.10. The number of sulfonamides is 1. The Kier molecular flexibility index (Phi) is 5.18. The first-order chi connectivity index (χ1) is 9.91. The predicted molar refractivity (Wildman–Crippen MR) is 87.4 cm³/mol. The molecular weight excluding hydrogens is 346 g/mol. The van der Waals surface area contributed by atoms with Crippen molar-refractivity contribution < 1.29 is 13.2 Å². The molecule has 6 nitrogen and oxygen atoms in total. The summed E-state index contributed by atoms with van der Waals surface area (Å²) in [4.78, 5) is 13.0. The lowest BCUT2D eigenvalue weighted by molar-refractivity contribution is -0.123. The van der Waals surface area contributed by atoms with Gasteiger partial charge in [0.25, 0.3) is 0 Å². The molecule has 1 saturated carbocycles. The second kappa shape index (κ2) is 6.45. The number of nitrogens with two attached hydrogens (primary N) is 1. The van der Waals surface area contributed by atoms with Crippen LogP contribution in [-0.4, -0.2) is 27.4 Å². The van der Waals surface area contributed by atoms with E-state index in [1.165, 1.54) is 6.07 Å². The average Bonchev–Trinajstić information content (AvgIpc) is 2.91. The van der Waals surface area contributed by atoms with Crippen molar-refractivity contribution in [2.75, 3.05) is 13.1 Å². The zero-order valence-corrected chi connectivity index (χ0v) is 14.5. The Labute approximate surface area is 140 Å². The van der Waals surface area contributed by atoms with Gasteiger partial charge in [-0.15, -0.1) is 23.7 Å². The highest BCUT2D eigenvalue weighted by atomic mass is 35.5. The van der Waals surface area contributed by atoms with E-state index in [-0.39, 0.29) is 33.9 Å². The molecule has 1 aliphatic heterocycles. The van der Waals surface area contributed by atoms with Gasteiger partial charge in [0, 0.05) is 10.8 Å². The summed E-state index contributed by atoms with van der Waals surface area (Å²) in [6, 6.07) is 3.17. The summed E-state index contributed by atoms with van der Waals surface area (Å²) in [5.74, 6) is 0.208. The van der Waals surface area contributed by atoms with Crippen LogP contribution in [-0.2, 0) is 21.4 Å². The molecule has 0 aromatic carbocycles. The highest BCUT2D eigenvalue weighted by Gasteiger charge is 2.57. The van der Waals surface area contributed by atoms with E-state index in [1.54, 1.807) is 6.07 Å². The van der Waals surface area contributed by atoms with Gasteiger partial charge in [-0.3, -0.25) is 4.79 Å². The molecule has 1 unspecified atom stereocenters. The third kappa shape index (κ3) is 3.62. The van der Waals surface area contributed by atoms with E-state index in [9.17, 15) is 13.2 Å². The minimum Gasteiger partial charge on any atom is -0.351 e. The van der Waals surface area contributed by atoms with Crippen LogP contribution in [0.25, 0.3) is 0 Å². The number of nitrogens with one attached hydrogen (secondary N) is 2. The van der Waals surface area contributed by atoms with Crippen molar-refractivity contribution in [3.05, 3.63) is 17.0 Å². The van der Waals surface area contributed by atoms with Crippen molar-refractivity contribution in [2.45, 2.75) is 30.0 Å². The summed E-state index contributed by atoms with van der Waals surface area (Å²) in [7, 11) is -3.65. The van der Waals surface area contributed by atoms with Crippen molar-refractivity contribution in [3.8, 4) is 0 Å². The molecule has 9 heteroatoms. The lowest BCUT2D eigenvalue weighted by Gasteiger charge is -2.23. The van der Waals surface area contributed by atoms with E-state index in [0.717, 1.165) is 48.6 Å². The Morgan fingerprint density at radius 2 is 2.09 bits per heavy atom. The topological polar surface area (TPSA) is 101 Å². The Hall–Kier alpha value is -0.670. The molecule has 1 amide bonds. The van der Waals surface area contributed by atoms with E-state index in [0.29, 0.717) is 6.54 Å². The lowest BCUT2D eigenvalue weighted by atomic mass is 9.92. The Morgan fingerprint density at radius 1 is 1.41 bits per heavy atom. The van der Waals surface area contributed by atoms with Crippen molar-refractivity contribution in [1.29, 1.82) is 0 Å². The molecule has 1 aliphatic carbocycles. The number of carbonyl (C=O) groups excluding carboxylic acids is 1. The maximum Gasteiger partial charge on any atom is 0.247 e. The lowest BCUT2D eigenvalue weighted by Crippen LogP contribution is -2.33. The van der Waals surface area contributed by atoms with Gasteiger partial charge in [-0.2, -0.15) is 0 Å². The zero-order valence-electron chi connectivity index (χ0n) is 12.0. The molecular formula is C13H20ClN3O3S2. The third-order valence-corrected chi connectivity index (χ3v) is 6.98. The summed E-state index contributed by atoms with van der Waals surface area (Å²) in [5.41, 5.74) is 0.219. The largest absolute Gasteiger partial charge is 0.351 e. The number of amides is 1. The van der Waals surface area contributed by atoms with E-state index < -0.39 is 10.0 Å². The highest BCUT2D eigenvalue weighted by molar-refractivity contribution is 7.91. The van der Waals surface area contributed by atoms with E-state index in [1.807, 2.05) is 0 Å². The number of piperidine rings is 1. The van der Waals surface area contributed by atoms with E-state index in [4.69, 9.17) is 5.14 Å². The third-order valence-electron chi connectivity index (χ3n) is 4.46. The van der Waals surface area contributed by atoms with Gasteiger partial charge in [-0.05, 0) is 49.9 Å². The first kappa shape index (κ1) is 17.7. The predicted octanol–water partition coefficient (Wildman–Crippen LogP) is 0.823. The zero-order chi connectivity index (χ0) is 15.1. The van der Waals surface area contributed by atoms with Crippen LogP contribution in [0.1, 0.15) is 24.1 Å². The number of primary sulfonamides is 1. The minimum absolute atomic E-state index is 0. The average molecular weight is 366 g/mol. The normalized spacial score (nSPS) is 22.9. The second-order valence-electron chi connectivity index (χ2n) is 5.85. The molecule has 4 N–H and O–H groups in total. The van der Waals surface area contributed by atoms with Crippen LogP contribution in [0.3, 0.4) is 0 Å². The molecule has 1 aromatic rings. The van der Waals surface area contributed by atoms with Crippen LogP contribution in [0.15, 0.2) is 16.3 Å². The number of rotatable bonds is 4. The maximum absolute atomic E-state index is 12.2. The maximum atomic E-state index is 12.2. The molecule has 0 radical (unpaired) electrons. The standard InChI is InChI=1S/C13H19N3O3S2.ClH/c14-21(18,19)11-2-1-9(20-11)8-16-12(17)10-7-13(10)3-5-15-6-4-13;/h1-2,10,15H,3-8H2,(H,16,17)(H2,14,18,19);1H. The van der Waals surface area contributed by atoms with Gasteiger partial charge >= 0.3 is 0 Å². The molecule has 0 bridgehead atoms. The molecule has 1 spiro atoms. The van der Waals surface area contributed by atoms with Gasteiger partial charge in [0.1, 0.15) is 4.21 Å². The van der Waals surface area contributed by atoms with Gasteiger partial charge in [-0.25, -0.2) is 13.6 Å². The molecule has 3 rings (SSSR count). The first-order valence-electron chi connectivity index (χ1n) is 7.01. The number of thiophene rings is 1. The van der Waals surface area contributed by atoms with E-state index in [2.05, 4.69) is 10.6 Å². The molecule has 2 aliphatic rings. The first-order valence-corrected chi connectivity index (χ1v) is 9.37. The van der Waals surface area contributed by atoms with Crippen molar-refractivity contribution in [1.82, 2.24) is 10.6 Å². The Bertz CT molecular complexity index is 653. The SMILES string of the molecule is Cl.NS(=O)(=O)c1ccc(CNC(=O)C2CC23CCNCC3)s1. The molecule has 1 atom stereocenters. The molecule has 1 aromatic heterocycles. The van der Waals surface area contributed by atoms with Gasteiger partial charge in [-0.1, -0.05) is 0 Å². The number of carbonyl (C=O) groups is 1. The van der Waals surface area contributed by atoms with Gasteiger partial charge in [0.05, 0.1) is 6.54 Å². The second-order valence-corrected chi connectivity index (χ2v) is 8.81. The Balaban J connectivity index is 0.00000176. The van der Waals surface area contributed by atoms with Crippen LogP contribution in [0.5, 0.6) is 0 Å². The monoisotopic (exact) mass is 365 g/mol. The fourth-order valence-corrected chi connectivity index (χ4v) is 4.82. The molecule has 124 valence electrons. The number of hydrogen-bond acceptors (Lipinski definition) is 5. The van der Waals surface area contributed by atoms with Crippen molar-refractivity contribution in [2.24, 2.45) is 16.5 Å². The summed E-state index contributed by atoms with van der Waals surface area (Å²) in [6.07, 6.45) is 3.12. The highest BCUT2D eigenvalue weighted by Crippen LogP contribution is 2.58. The van der Waals surface area contributed by atoms with Crippen molar-refractivity contribution >= 4 is 39.7 Å². The van der Waals surface area contributed by atoms with Gasteiger partial charge in [0.2, 0.25) is 15.9 Å². The van der Waals surface area contributed by atoms with Crippen LogP contribution in [0, 0.1) is 11.3 Å². The van der Waals surface area contributed by atoms with Crippen LogP contribution in [0.4, 0.5) is 0 Å². The number of halogens is 1. The molecule has 1 saturated heterocycles. The van der Waals surface area contributed by atoms with Crippen molar-refractivity contribution in [3.63, 3.8) is 0 Å². The van der Waals surface area contributed by atoms with Gasteiger partial charge < -0.3 is 10.6 Å². The van der Waals surface area contributed by atoms with Gasteiger partial charge in [0.15, 0.2) is 0 Å². The molecule has 2 heterocycles. The van der Waals surface area contributed by atoms with Crippen LogP contribution >= 0.6 is 23.7 Å². The smallest absolute Gasteiger partial charge is 0.247 e. The minimum atomic E-state index is -3.65. The quantitative estimate of drug-likeness (QED) is 0.735. The fourth-order valence-electron chi connectivity index (χ4n) is 3.10. The van der Waals surface area contributed by atoms with E-state index >= 15 is 0 Å². The van der Waals surface area contributed by atoms with Crippen LogP contribution < -0.4 is 15.8 Å². The molecule has 2 fully saturated rings. The Morgan fingerprint density at radius 3 is 2.68 bits per heavy atom. The summed E-state index contributed by atoms with van der Waals surface area (Å²) in [5, 5.41) is 11.3. The molecule has 22 heavy (non-hydrogen) atoms. The summed E-state index contributed by atoms with van der Waals surface area (Å²) < 4.78 is 22.5. The summed E-state index contributed by atoms with van der Waals surface area (Å²) in [6.45, 7) is 2.35. The number of hydrogen-bond donors (Lipinski definition) is 3.